The van der Waals surface area contributed by atoms with E-state index in [1.54, 1.807) is 7.11 Å². The van der Waals surface area contributed by atoms with Crippen LogP contribution in [0.1, 0.15) is 51.5 Å². The number of hydrogen-bond acceptors (Lipinski definition) is 3. The van der Waals surface area contributed by atoms with Gasteiger partial charge in [-0.3, -0.25) is 0 Å². The summed E-state index contributed by atoms with van der Waals surface area (Å²) in [6.07, 6.45) is 6.30. The molecule has 5 nitrogen and oxygen atoms in total. The Labute approximate surface area is 181 Å². The van der Waals surface area contributed by atoms with Gasteiger partial charge in [-0.25, -0.2) is 4.99 Å². The summed E-state index contributed by atoms with van der Waals surface area (Å²) in [5, 5.41) is 6.94. The van der Waals surface area contributed by atoms with E-state index in [-0.39, 0.29) is 24.0 Å². The van der Waals surface area contributed by atoms with Gasteiger partial charge in [-0.15, -0.1) is 24.0 Å². The zero-order chi connectivity index (χ0) is 18.7. The third-order valence-corrected chi connectivity index (χ3v) is 5.16. The normalized spacial score (nSPS) is 15.9. The number of ether oxygens (including phenoxy) is 2. The molecule has 0 unspecified atom stereocenters. The van der Waals surface area contributed by atoms with Gasteiger partial charge in [-0.05, 0) is 44.6 Å². The van der Waals surface area contributed by atoms with Crippen LogP contribution in [0.2, 0.25) is 0 Å². The lowest BCUT2D eigenvalue weighted by molar-refractivity contribution is 0.138. The molecule has 1 saturated carbocycles. The van der Waals surface area contributed by atoms with Gasteiger partial charge in [0.05, 0.1) is 13.2 Å². The summed E-state index contributed by atoms with van der Waals surface area (Å²) in [5.74, 6) is 1.80. The van der Waals surface area contributed by atoms with E-state index < -0.39 is 0 Å². The number of nitrogens with zero attached hydrogens (tertiary/aromatic N) is 1. The van der Waals surface area contributed by atoms with Gasteiger partial charge in [0, 0.05) is 32.4 Å². The summed E-state index contributed by atoms with van der Waals surface area (Å²) in [5.41, 5.74) is 1.46. The van der Waals surface area contributed by atoms with Gasteiger partial charge in [-0.2, -0.15) is 0 Å². The predicted octanol–water partition coefficient (Wildman–Crippen LogP) is 4.36. The Morgan fingerprint density at radius 1 is 1.15 bits per heavy atom. The molecule has 2 rings (SSSR count). The van der Waals surface area contributed by atoms with E-state index in [0.717, 1.165) is 43.4 Å². The highest BCUT2D eigenvalue weighted by Crippen LogP contribution is 2.40. The molecule has 0 atom stereocenters. The van der Waals surface area contributed by atoms with Crippen LogP contribution in [0.3, 0.4) is 0 Å². The van der Waals surface area contributed by atoms with E-state index in [1.807, 2.05) is 25.1 Å². The lowest BCUT2D eigenvalue weighted by Crippen LogP contribution is -2.43. The van der Waals surface area contributed by atoms with Crippen LogP contribution in [0.5, 0.6) is 5.75 Å². The van der Waals surface area contributed by atoms with E-state index in [1.165, 1.54) is 25.7 Å². The average molecular weight is 489 g/mol. The first-order chi connectivity index (χ1) is 12.7. The first kappa shape index (κ1) is 24.0. The molecule has 0 saturated heterocycles. The van der Waals surface area contributed by atoms with Crippen LogP contribution >= 0.6 is 24.0 Å². The molecule has 0 heterocycles. The molecule has 2 N–H and O–H groups in total. The maximum absolute atomic E-state index is 5.71. The molecular weight excluding hydrogens is 453 g/mol. The van der Waals surface area contributed by atoms with Crippen molar-refractivity contribution >= 4 is 29.9 Å². The fourth-order valence-corrected chi connectivity index (χ4v) is 3.67. The Morgan fingerprint density at radius 2 is 1.89 bits per heavy atom. The van der Waals surface area contributed by atoms with Gasteiger partial charge in [0.25, 0.3) is 0 Å². The summed E-state index contributed by atoms with van der Waals surface area (Å²) in [6, 6.07) is 8.12. The molecule has 0 bridgehead atoms. The van der Waals surface area contributed by atoms with Crippen molar-refractivity contribution in [3.8, 4) is 5.75 Å². The number of para-hydroxylation sites is 1. The second kappa shape index (κ2) is 13.2. The number of aliphatic imine (C=N–C) groups is 1. The highest BCUT2D eigenvalue weighted by Gasteiger charge is 2.33. The van der Waals surface area contributed by atoms with E-state index in [2.05, 4.69) is 23.6 Å². The molecule has 1 aromatic rings. The second-order valence-electron chi connectivity index (χ2n) is 7.04. The standard InChI is InChI=1S/C21H35N3O2.HI/c1-4-22-20(23-16-18-10-6-7-11-19(18)26-5-2)24-17-21(14-15-25-3)12-8-9-13-21;/h6-7,10-11H,4-5,8-9,12-17H2,1-3H3,(H2,22,23,24);1H. The summed E-state index contributed by atoms with van der Waals surface area (Å²) in [4.78, 5) is 4.78. The van der Waals surface area contributed by atoms with Crippen molar-refractivity contribution in [1.82, 2.24) is 10.6 Å². The van der Waals surface area contributed by atoms with E-state index in [0.29, 0.717) is 18.6 Å². The number of guanidine groups is 1. The van der Waals surface area contributed by atoms with E-state index in [4.69, 9.17) is 14.5 Å². The number of rotatable bonds is 10. The summed E-state index contributed by atoms with van der Waals surface area (Å²) in [7, 11) is 1.79. The smallest absolute Gasteiger partial charge is 0.191 e. The maximum Gasteiger partial charge on any atom is 0.191 e. The molecule has 0 amide bonds. The lowest BCUT2D eigenvalue weighted by Gasteiger charge is -2.30. The van der Waals surface area contributed by atoms with Crippen molar-refractivity contribution in [3.63, 3.8) is 0 Å². The summed E-state index contributed by atoms with van der Waals surface area (Å²) in [6.45, 7) is 8.02. The Bertz CT molecular complexity index is 560. The molecule has 154 valence electrons. The van der Waals surface area contributed by atoms with Crippen LogP contribution in [0, 0.1) is 5.41 Å². The summed E-state index contributed by atoms with van der Waals surface area (Å²) < 4.78 is 11.0. The minimum Gasteiger partial charge on any atom is -0.494 e. The van der Waals surface area contributed by atoms with Crippen molar-refractivity contribution in [1.29, 1.82) is 0 Å². The number of halogens is 1. The second-order valence-corrected chi connectivity index (χ2v) is 7.04. The summed E-state index contributed by atoms with van der Waals surface area (Å²) >= 11 is 0. The zero-order valence-electron chi connectivity index (χ0n) is 17.1. The van der Waals surface area contributed by atoms with Gasteiger partial charge in [0.1, 0.15) is 5.75 Å². The quantitative estimate of drug-likeness (QED) is 0.292. The van der Waals surface area contributed by atoms with Gasteiger partial charge < -0.3 is 20.1 Å². The molecule has 0 aliphatic heterocycles. The highest BCUT2D eigenvalue weighted by atomic mass is 127. The third kappa shape index (κ3) is 7.86. The third-order valence-electron chi connectivity index (χ3n) is 5.16. The largest absolute Gasteiger partial charge is 0.494 e. The average Bonchev–Trinajstić information content (AvgIpc) is 3.13. The molecule has 1 aliphatic carbocycles. The molecule has 27 heavy (non-hydrogen) atoms. The van der Waals surface area contributed by atoms with Crippen molar-refractivity contribution in [2.24, 2.45) is 10.4 Å². The fraction of sp³-hybridized carbons (Fsp3) is 0.667. The SMILES string of the molecule is CCNC(=NCc1ccccc1OCC)NCC1(CCOC)CCCC1.I. The minimum atomic E-state index is 0. The van der Waals surface area contributed by atoms with Crippen LogP contribution in [0.15, 0.2) is 29.3 Å². The van der Waals surface area contributed by atoms with Gasteiger partial charge in [0.2, 0.25) is 0 Å². The first-order valence-corrected chi connectivity index (χ1v) is 9.95. The van der Waals surface area contributed by atoms with Crippen molar-refractivity contribution in [3.05, 3.63) is 29.8 Å². The molecule has 1 aliphatic rings. The van der Waals surface area contributed by atoms with Crippen molar-refractivity contribution in [2.45, 2.75) is 52.5 Å². The zero-order valence-corrected chi connectivity index (χ0v) is 19.4. The van der Waals surface area contributed by atoms with Gasteiger partial charge in [0.15, 0.2) is 5.96 Å². The number of methoxy groups -OCH3 is 1. The van der Waals surface area contributed by atoms with Crippen LogP contribution in [-0.2, 0) is 11.3 Å². The molecule has 0 radical (unpaired) electrons. The van der Waals surface area contributed by atoms with Crippen molar-refractivity contribution < 1.29 is 9.47 Å². The Kier molecular flexibility index (Phi) is 11.7. The number of hydrogen-bond donors (Lipinski definition) is 2. The van der Waals surface area contributed by atoms with Crippen LogP contribution in [-0.4, -0.2) is 39.4 Å². The first-order valence-electron chi connectivity index (χ1n) is 9.95. The maximum atomic E-state index is 5.71. The minimum absolute atomic E-state index is 0. The van der Waals surface area contributed by atoms with Gasteiger partial charge >= 0.3 is 0 Å². The molecule has 0 aromatic heterocycles. The number of benzene rings is 1. The Hall–Kier alpha value is -1.02. The Morgan fingerprint density at radius 3 is 2.56 bits per heavy atom. The predicted molar refractivity (Wildman–Crippen MR) is 123 cm³/mol. The molecular formula is C21H36IN3O2. The molecule has 0 spiro atoms. The Balaban J connectivity index is 0.00000364. The van der Waals surface area contributed by atoms with Crippen LogP contribution < -0.4 is 15.4 Å². The monoisotopic (exact) mass is 489 g/mol. The van der Waals surface area contributed by atoms with E-state index in [9.17, 15) is 0 Å². The van der Waals surface area contributed by atoms with Crippen molar-refractivity contribution in [2.75, 3.05) is 33.4 Å². The molecule has 1 fully saturated rings. The van der Waals surface area contributed by atoms with Crippen LogP contribution in [0.25, 0.3) is 0 Å². The molecule has 6 heteroatoms. The topological polar surface area (TPSA) is 54.9 Å². The van der Waals surface area contributed by atoms with Crippen LogP contribution in [0.4, 0.5) is 0 Å². The molecule has 1 aromatic carbocycles. The highest BCUT2D eigenvalue weighted by molar-refractivity contribution is 14.0. The van der Waals surface area contributed by atoms with E-state index >= 15 is 0 Å². The lowest BCUT2D eigenvalue weighted by atomic mass is 9.83. The fourth-order valence-electron chi connectivity index (χ4n) is 3.67. The van der Waals surface area contributed by atoms with Gasteiger partial charge in [-0.1, -0.05) is 31.0 Å². The number of nitrogens with one attached hydrogen (secondary N) is 2.